The van der Waals surface area contributed by atoms with E-state index in [1.54, 1.807) is 0 Å². The molecule has 0 bridgehead atoms. The van der Waals surface area contributed by atoms with Gasteiger partial charge in [-0.25, -0.2) is 0 Å². The first-order chi connectivity index (χ1) is 9.83. The lowest BCUT2D eigenvalue weighted by molar-refractivity contribution is 0.0872. The van der Waals surface area contributed by atoms with Crippen LogP contribution in [0.25, 0.3) is 0 Å². The van der Waals surface area contributed by atoms with Crippen molar-refractivity contribution >= 4 is 0 Å². The first kappa shape index (κ1) is 15.5. The molecule has 112 valence electrons. The van der Waals surface area contributed by atoms with Gasteiger partial charge in [-0.05, 0) is 43.0 Å². The summed E-state index contributed by atoms with van der Waals surface area (Å²) in [5, 5.41) is 3.43. The van der Waals surface area contributed by atoms with Gasteiger partial charge in [0.15, 0.2) is 0 Å². The highest BCUT2D eigenvalue weighted by atomic mass is 16.5. The Balaban J connectivity index is 1.94. The van der Waals surface area contributed by atoms with E-state index < -0.39 is 0 Å². The molecule has 1 unspecified atom stereocenters. The number of rotatable bonds is 7. The molecule has 1 aromatic carbocycles. The fraction of sp³-hybridized carbons (Fsp3) is 0.647. The van der Waals surface area contributed by atoms with Gasteiger partial charge in [-0.2, -0.15) is 0 Å². The van der Waals surface area contributed by atoms with Crippen LogP contribution in [-0.4, -0.2) is 38.3 Å². The van der Waals surface area contributed by atoms with Crippen LogP contribution in [0.1, 0.15) is 30.9 Å². The Morgan fingerprint density at radius 1 is 1.30 bits per heavy atom. The van der Waals surface area contributed by atoms with E-state index in [4.69, 9.17) is 4.74 Å². The van der Waals surface area contributed by atoms with Gasteiger partial charge in [0.25, 0.3) is 0 Å². The molecule has 1 saturated heterocycles. The predicted molar refractivity (Wildman–Crippen MR) is 83.7 cm³/mol. The molecule has 0 aromatic heterocycles. The Morgan fingerprint density at radius 2 is 2.10 bits per heavy atom. The van der Waals surface area contributed by atoms with Crippen molar-refractivity contribution in [3.63, 3.8) is 0 Å². The second kappa shape index (κ2) is 8.40. The molecule has 1 N–H and O–H groups in total. The van der Waals surface area contributed by atoms with E-state index in [9.17, 15) is 0 Å². The molecule has 1 aliphatic rings. The highest BCUT2D eigenvalue weighted by Gasteiger charge is 2.20. The molecule has 3 heteroatoms. The number of nitrogens with one attached hydrogen (secondary N) is 1. The van der Waals surface area contributed by atoms with Crippen LogP contribution >= 0.6 is 0 Å². The van der Waals surface area contributed by atoms with E-state index in [0.29, 0.717) is 5.92 Å². The van der Waals surface area contributed by atoms with E-state index in [-0.39, 0.29) is 0 Å². The van der Waals surface area contributed by atoms with Gasteiger partial charge in [-0.1, -0.05) is 31.2 Å². The minimum atomic E-state index is 0.703. The van der Waals surface area contributed by atoms with E-state index in [1.807, 2.05) is 7.11 Å². The van der Waals surface area contributed by atoms with Gasteiger partial charge in [-0.3, -0.25) is 4.90 Å². The Hall–Kier alpha value is -0.900. The standard InChI is InChI=1S/C17H28N2O/c1-3-18-11-16-8-4-5-9-17(16)13-19-10-6-7-15(12-19)14-20-2/h4-5,8-9,15,18H,3,6-7,10-14H2,1-2H3. The molecule has 3 nitrogen and oxygen atoms in total. The number of nitrogens with zero attached hydrogens (tertiary/aromatic N) is 1. The molecule has 1 fully saturated rings. The molecular formula is C17H28N2O. The summed E-state index contributed by atoms with van der Waals surface area (Å²) < 4.78 is 5.32. The van der Waals surface area contributed by atoms with Crippen molar-refractivity contribution in [2.24, 2.45) is 5.92 Å². The molecule has 1 heterocycles. The number of benzene rings is 1. The molecule has 1 aliphatic heterocycles. The maximum absolute atomic E-state index is 5.32. The third-order valence-corrected chi connectivity index (χ3v) is 4.08. The molecule has 0 spiro atoms. The summed E-state index contributed by atoms with van der Waals surface area (Å²) >= 11 is 0. The fourth-order valence-electron chi connectivity index (χ4n) is 3.05. The average Bonchev–Trinajstić information content (AvgIpc) is 2.47. The largest absolute Gasteiger partial charge is 0.384 e. The molecule has 1 atom stereocenters. The number of hydrogen-bond donors (Lipinski definition) is 1. The number of piperidine rings is 1. The summed E-state index contributed by atoms with van der Waals surface area (Å²) in [5.74, 6) is 0.703. The van der Waals surface area contributed by atoms with Crippen molar-refractivity contribution in [1.82, 2.24) is 10.2 Å². The van der Waals surface area contributed by atoms with Crippen molar-refractivity contribution < 1.29 is 4.74 Å². The van der Waals surface area contributed by atoms with E-state index in [2.05, 4.69) is 41.4 Å². The van der Waals surface area contributed by atoms with Crippen molar-refractivity contribution in [3.8, 4) is 0 Å². The first-order valence-electron chi connectivity index (χ1n) is 7.82. The maximum atomic E-state index is 5.32. The van der Waals surface area contributed by atoms with Crippen LogP contribution in [-0.2, 0) is 17.8 Å². The molecule has 0 amide bonds. The molecule has 0 saturated carbocycles. The van der Waals surface area contributed by atoms with Gasteiger partial charge >= 0.3 is 0 Å². The summed E-state index contributed by atoms with van der Waals surface area (Å²) in [6.45, 7) is 8.51. The predicted octanol–water partition coefficient (Wildman–Crippen LogP) is 2.65. The zero-order valence-corrected chi connectivity index (χ0v) is 12.9. The number of ether oxygens (including phenoxy) is 1. The third-order valence-electron chi connectivity index (χ3n) is 4.08. The van der Waals surface area contributed by atoms with Crippen LogP contribution in [0.15, 0.2) is 24.3 Å². The van der Waals surface area contributed by atoms with E-state index >= 15 is 0 Å². The topological polar surface area (TPSA) is 24.5 Å². The minimum Gasteiger partial charge on any atom is -0.384 e. The second-order valence-corrected chi connectivity index (χ2v) is 5.75. The second-order valence-electron chi connectivity index (χ2n) is 5.75. The Kier molecular flexibility index (Phi) is 6.51. The summed E-state index contributed by atoms with van der Waals surface area (Å²) in [6, 6.07) is 8.81. The van der Waals surface area contributed by atoms with Crippen molar-refractivity contribution in [2.45, 2.75) is 32.9 Å². The van der Waals surface area contributed by atoms with Crippen LogP contribution < -0.4 is 5.32 Å². The molecule has 0 radical (unpaired) electrons. The number of likely N-dealkylation sites (tertiary alicyclic amines) is 1. The monoisotopic (exact) mass is 276 g/mol. The lowest BCUT2D eigenvalue weighted by atomic mass is 9.97. The fourth-order valence-corrected chi connectivity index (χ4v) is 3.05. The quantitative estimate of drug-likeness (QED) is 0.828. The lowest BCUT2D eigenvalue weighted by Crippen LogP contribution is -2.36. The molecular weight excluding hydrogens is 248 g/mol. The van der Waals surface area contributed by atoms with E-state index in [1.165, 1.54) is 37.1 Å². The zero-order chi connectivity index (χ0) is 14.2. The summed E-state index contributed by atoms with van der Waals surface area (Å²) in [6.07, 6.45) is 2.60. The summed E-state index contributed by atoms with van der Waals surface area (Å²) in [7, 11) is 1.81. The van der Waals surface area contributed by atoms with Gasteiger partial charge in [0.2, 0.25) is 0 Å². The van der Waals surface area contributed by atoms with Gasteiger partial charge in [0, 0.05) is 26.7 Å². The van der Waals surface area contributed by atoms with Crippen molar-refractivity contribution in [2.75, 3.05) is 33.4 Å². The van der Waals surface area contributed by atoms with Gasteiger partial charge < -0.3 is 10.1 Å². The Labute approximate surface area is 123 Å². The third kappa shape index (κ3) is 4.58. The Bertz CT molecular complexity index is 392. The number of methoxy groups -OCH3 is 1. The van der Waals surface area contributed by atoms with Crippen LogP contribution in [0.5, 0.6) is 0 Å². The maximum Gasteiger partial charge on any atom is 0.0502 e. The van der Waals surface area contributed by atoms with Crippen LogP contribution in [0.2, 0.25) is 0 Å². The highest BCUT2D eigenvalue weighted by molar-refractivity contribution is 5.27. The van der Waals surface area contributed by atoms with Crippen LogP contribution in [0.4, 0.5) is 0 Å². The normalized spacial score (nSPS) is 20.2. The Morgan fingerprint density at radius 3 is 2.85 bits per heavy atom. The van der Waals surface area contributed by atoms with Crippen molar-refractivity contribution in [3.05, 3.63) is 35.4 Å². The molecule has 20 heavy (non-hydrogen) atoms. The zero-order valence-electron chi connectivity index (χ0n) is 12.9. The average molecular weight is 276 g/mol. The van der Waals surface area contributed by atoms with Crippen molar-refractivity contribution in [1.29, 1.82) is 0 Å². The molecule has 1 aromatic rings. The number of hydrogen-bond acceptors (Lipinski definition) is 3. The van der Waals surface area contributed by atoms with E-state index in [0.717, 1.165) is 26.2 Å². The smallest absolute Gasteiger partial charge is 0.0502 e. The van der Waals surface area contributed by atoms with Gasteiger partial charge in [0.1, 0.15) is 0 Å². The highest BCUT2D eigenvalue weighted by Crippen LogP contribution is 2.20. The summed E-state index contributed by atoms with van der Waals surface area (Å²) in [5.41, 5.74) is 2.90. The molecule has 0 aliphatic carbocycles. The van der Waals surface area contributed by atoms with Gasteiger partial charge in [0.05, 0.1) is 6.61 Å². The van der Waals surface area contributed by atoms with Crippen LogP contribution in [0.3, 0.4) is 0 Å². The SMILES string of the molecule is CCNCc1ccccc1CN1CCCC(COC)C1. The van der Waals surface area contributed by atoms with Crippen LogP contribution in [0, 0.1) is 5.92 Å². The minimum absolute atomic E-state index is 0.703. The summed E-state index contributed by atoms with van der Waals surface area (Å²) in [4.78, 5) is 2.58. The molecule has 2 rings (SSSR count). The first-order valence-corrected chi connectivity index (χ1v) is 7.82. The van der Waals surface area contributed by atoms with Gasteiger partial charge in [-0.15, -0.1) is 0 Å². The lowest BCUT2D eigenvalue weighted by Gasteiger charge is -2.32.